The zero-order valence-corrected chi connectivity index (χ0v) is 14.7. The van der Waals surface area contributed by atoms with Crippen molar-refractivity contribution in [3.63, 3.8) is 0 Å². The quantitative estimate of drug-likeness (QED) is 0.722. The minimum atomic E-state index is 0.528. The molecule has 23 heavy (non-hydrogen) atoms. The summed E-state index contributed by atoms with van der Waals surface area (Å²) < 4.78 is 5.80. The number of rotatable bonds is 8. The number of hydrogen-bond acceptors (Lipinski definition) is 3. The fourth-order valence-electron chi connectivity index (χ4n) is 2.19. The van der Waals surface area contributed by atoms with E-state index in [2.05, 4.69) is 35.4 Å². The first-order valence-corrected chi connectivity index (χ1v) is 8.50. The molecule has 0 atom stereocenters. The molecule has 3 heteroatoms. The highest BCUT2D eigenvalue weighted by molar-refractivity contribution is 5.28. The van der Waals surface area contributed by atoms with E-state index in [1.165, 1.54) is 31.2 Å². The van der Waals surface area contributed by atoms with Gasteiger partial charge >= 0.3 is 0 Å². The van der Waals surface area contributed by atoms with Crippen LogP contribution in [0.5, 0.6) is 5.75 Å². The Bertz CT molecular complexity index is 514. The number of aryl methyl sites for hydroxylation is 1. The summed E-state index contributed by atoms with van der Waals surface area (Å²) in [6.07, 6.45) is 8.12. The van der Waals surface area contributed by atoms with Gasteiger partial charge in [-0.2, -0.15) is 0 Å². The van der Waals surface area contributed by atoms with Gasteiger partial charge in [-0.3, -0.25) is 4.98 Å². The molecule has 1 heterocycles. The van der Waals surface area contributed by atoms with Gasteiger partial charge in [-0.1, -0.05) is 44.4 Å². The molecular weight excluding hydrogens is 284 g/mol. The molecule has 2 aromatic rings. The molecule has 1 aromatic carbocycles. The van der Waals surface area contributed by atoms with E-state index in [0.717, 1.165) is 17.9 Å². The number of ether oxygens (including phenoxy) is 1. The van der Waals surface area contributed by atoms with E-state index >= 15 is 0 Å². The summed E-state index contributed by atoms with van der Waals surface area (Å²) in [5, 5.41) is 2.75. The van der Waals surface area contributed by atoms with Crippen LogP contribution in [0.25, 0.3) is 0 Å². The number of aromatic nitrogens is 1. The van der Waals surface area contributed by atoms with E-state index < -0.39 is 0 Å². The Morgan fingerprint density at radius 2 is 1.83 bits per heavy atom. The first-order chi connectivity index (χ1) is 11.3. The number of hydrogen-bond donors (Lipinski definition) is 1. The molecule has 0 aliphatic rings. The summed E-state index contributed by atoms with van der Waals surface area (Å²) in [5.74, 6) is 0.934. The predicted molar refractivity (Wildman–Crippen MR) is 97.8 cm³/mol. The Balaban J connectivity index is 0.000000816. The van der Waals surface area contributed by atoms with Crippen LogP contribution in [0.1, 0.15) is 43.9 Å². The molecule has 0 radical (unpaired) electrons. The Morgan fingerprint density at radius 1 is 1.00 bits per heavy atom. The highest BCUT2D eigenvalue weighted by Crippen LogP contribution is 2.17. The summed E-state index contributed by atoms with van der Waals surface area (Å²) in [7, 11) is 3.75. The third-order valence-electron chi connectivity index (χ3n) is 3.33. The highest BCUT2D eigenvalue weighted by atomic mass is 16.5. The molecular formula is C20H30N2O. The van der Waals surface area contributed by atoms with Crippen molar-refractivity contribution in [2.24, 2.45) is 0 Å². The van der Waals surface area contributed by atoms with E-state index in [4.69, 9.17) is 4.74 Å². The molecule has 0 bridgehead atoms. The SMILES string of the molecule is CCCCCCc1cccc(OCc2ccccn2)c1.CNC. The van der Waals surface area contributed by atoms with Gasteiger partial charge in [0.15, 0.2) is 0 Å². The lowest BCUT2D eigenvalue weighted by Gasteiger charge is -2.08. The van der Waals surface area contributed by atoms with Crippen molar-refractivity contribution in [1.29, 1.82) is 0 Å². The number of benzene rings is 1. The van der Waals surface area contributed by atoms with Crippen LogP contribution in [0, 0.1) is 0 Å². The lowest BCUT2D eigenvalue weighted by molar-refractivity contribution is 0.301. The van der Waals surface area contributed by atoms with Crippen LogP contribution in [0.3, 0.4) is 0 Å². The molecule has 2 rings (SSSR count). The van der Waals surface area contributed by atoms with Crippen molar-refractivity contribution >= 4 is 0 Å². The molecule has 0 unspecified atom stereocenters. The second-order valence-corrected chi connectivity index (χ2v) is 5.57. The van der Waals surface area contributed by atoms with E-state index in [1.807, 2.05) is 38.4 Å². The lowest BCUT2D eigenvalue weighted by atomic mass is 10.1. The van der Waals surface area contributed by atoms with Gasteiger partial charge in [-0.25, -0.2) is 0 Å². The van der Waals surface area contributed by atoms with E-state index in [0.29, 0.717) is 6.61 Å². The summed E-state index contributed by atoms with van der Waals surface area (Å²) in [6.45, 7) is 2.77. The van der Waals surface area contributed by atoms with Gasteiger partial charge in [0.2, 0.25) is 0 Å². The van der Waals surface area contributed by atoms with E-state index in [-0.39, 0.29) is 0 Å². The van der Waals surface area contributed by atoms with Crippen LogP contribution in [0.2, 0.25) is 0 Å². The predicted octanol–water partition coefficient (Wildman–Crippen LogP) is 4.62. The summed E-state index contributed by atoms with van der Waals surface area (Å²) >= 11 is 0. The van der Waals surface area contributed by atoms with E-state index in [9.17, 15) is 0 Å². The smallest absolute Gasteiger partial charge is 0.130 e. The number of pyridine rings is 1. The first-order valence-electron chi connectivity index (χ1n) is 8.50. The molecule has 0 fully saturated rings. The van der Waals surface area contributed by atoms with Crippen molar-refractivity contribution in [3.05, 3.63) is 59.9 Å². The molecule has 0 aliphatic heterocycles. The van der Waals surface area contributed by atoms with Crippen molar-refractivity contribution in [2.75, 3.05) is 14.1 Å². The first kappa shape index (κ1) is 19.2. The fourth-order valence-corrected chi connectivity index (χ4v) is 2.19. The normalized spacial score (nSPS) is 9.87. The van der Waals surface area contributed by atoms with Crippen molar-refractivity contribution in [1.82, 2.24) is 10.3 Å². The van der Waals surface area contributed by atoms with Gasteiger partial charge in [0, 0.05) is 6.20 Å². The molecule has 0 saturated heterocycles. The lowest BCUT2D eigenvalue weighted by Crippen LogP contribution is -1.98. The van der Waals surface area contributed by atoms with Crippen LogP contribution in [-0.2, 0) is 13.0 Å². The Hall–Kier alpha value is -1.87. The highest BCUT2D eigenvalue weighted by Gasteiger charge is 1.99. The number of unbranched alkanes of at least 4 members (excludes halogenated alkanes) is 3. The van der Waals surface area contributed by atoms with Crippen LogP contribution in [0.15, 0.2) is 48.7 Å². The maximum Gasteiger partial charge on any atom is 0.130 e. The summed E-state index contributed by atoms with van der Waals surface area (Å²) in [6, 6.07) is 14.3. The summed E-state index contributed by atoms with van der Waals surface area (Å²) in [5.41, 5.74) is 2.32. The van der Waals surface area contributed by atoms with Gasteiger partial charge in [0.05, 0.1) is 5.69 Å². The second-order valence-electron chi connectivity index (χ2n) is 5.57. The van der Waals surface area contributed by atoms with Crippen molar-refractivity contribution < 1.29 is 4.74 Å². The van der Waals surface area contributed by atoms with E-state index in [1.54, 1.807) is 6.20 Å². The molecule has 0 amide bonds. The van der Waals surface area contributed by atoms with Crippen LogP contribution < -0.4 is 10.1 Å². The minimum Gasteiger partial charge on any atom is -0.487 e. The van der Waals surface area contributed by atoms with Gasteiger partial charge < -0.3 is 10.1 Å². The Morgan fingerprint density at radius 3 is 2.52 bits per heavy atom. The van der Waals surface area contributed by atoms with Crippen LogP contribution >= 0.6 is 0 Å². The molecule has 1 N–H and O–H groups in total. The zero-order valence-electron chi connectivity index (χ0n) is 14.7. The second kappa shape index (κ2) is 12.7. The number of nitrogens with zero attached hydrogens (tertiary/aromatic N) is 1. The molecule has 1 aromatic heterocycles. The van der Waals surface area contributed by atoms with Crippen molar-refractivity contribution in [3.8, 4) is 5.75 Å². The standard InChI is InChI=1S/C18H23NO.C2H7N/c1-2-3-4-5-9-16-10-8-12-18(14-16)20-15-17-11-6-7-13-19-17;1-3-2/h6-8,10-14H,2-5,9,15H2,1H3;3H,1-2H3. The third-order valence-corrected chi connectivity index (χ3v) is 3.33. The van der Waals surface area contributed by atoms with Gasteiger partial charge in [-0.15, -0.1) is 0 Å². The van der Waals surface area contributed by atoms with Crippen LogP contribution in [0.4, 0.5) is 0 Å². The van der Waals surface area contributed by atoms with Crippen LogP contribution in [-0.4, -0.2) is 19.1 Å². The molecule has 3 nitrogen and oxygen atoms in total. The minimum absolute atomic E-state index is 0.528. The maximum absolute atomic E-state index is 5.80. The van der Waals surface area contributed by atoms with Crippen molar-refractivity contribution in [2.45, 2.75) is 45.6 Å². The van der Waals surface area contributed by atoms with Gasteiger partial charge in [0.25, 0.3) is 0 Å². The molecule has 0 spiro atoms. The zero-order chi connectivity index (χ0) is 16.8. The molecule has 0 aliphatic carbocycles. The maximum atomic E-state index is 5.80. The molecule has 0 saturated carbocycles. The number of nitrogens with one attached hydrogen (secondary N) is 1. The Labute approximate surface area is 141 Å². The largest absolute Gasteiger partial charge is 0.487 e. The average Bonchev–Trinajstić information content (AvgIpc) is 2.59. The Kier molecular flexibility index (Phi) is 10.5. The van der Waals surface area contributed by atoms with Gasteiger partial charge in [-0.05, 0) is 56.8 Å². The monoisotopic (exact) mass is 314 g/mol. The average molecular weight is 314 g/mol. The fraction of sp³-hybridized carbons (Fsp3) is 0.450. The third kappa shape index (κ3) is 8.99. The topological polar surface area (TPSA) is 34.1 Å². The summed E-state index contributed by atoms with van der Waals surface area (Å²) in [4.78, 5) is 4.26. The van der Waals surface area contributed by atoms with Gasteiger partial charge in [0.1, 0.15) is 12.4 Å². The molecule has 126 valence electrons.